The van der Waals surface area contributed by atoms with Crippen LogP contribution >= 0.6 is 0 Å². The third kappa shape index (κ3) is 1.86. The van der Waals surface area contributed by atoms with Crippen LogP contribution in [0.2, 0.25) is 0 Å². The van der Waals surface area contributed by atoms with Gasteiger partial charge in [0.15, 0.2) is 0 Å². The van der Waals surface area contributed by atoms with Crippen LogP contribution in [0.1, 0.15) is 78.6 Å². The minimum atomic E-state index is 0.642. The lowest BCUT2D eigenvalue weighted by molar-refractivity contribution is -0.0963. The summed E-state index contributed by atoms with van der Waals surface area (Å²) < 4.78 is 0. The van der Waals surface area contributed by atoms with Crippen LogP contribution in [0.4, 0.5) is 0 Å². The summed E-state index contributed by atoms with van der Waals surface area (Å²) in [5, 5.41) is 0. The van der Waals surface area contributed by atoms with E-state index in [-0.39, 0.29) is 0 Å². The summed E-state index contributed by atoms with van der Waals surface area (Å²) >= 11 is 0. The lowest BCUT2D eigenvalue weighted by Gasteiger charge is -2.59. The van der Waals surface area contributed by atoms with Crippen molar-refractivity contribution in [1.82, 2.24) is 0 Å². The van der Waals surface area contributed by atoms with E-state index in [9.17, 15) is 0 Å². The molecule has 0 spiro atoms. The second kappa shape index (κ2) is 4.87. The Balaban J connectivity index is 1.64. The van der Waals surface area contributed by atoms with Crippen LogP contribution in [-0.4, -0.2) is 0 Å². The number of hydrogen-bond donors (Lipinski definition) is 0. The van der Waals surface area contributed by atoms with Crippen molar-refractivity contribution in [3.05, 3.63) is 12.2 Å². The Hall–Kier alpha value is -0.260. The summed E-state index contributed by atoms with van der Waals surface area (Å²) in [6.45, 7) is 7.77. The molecule has 0 heteroatoms. The molecule has 0 radical (unpaired) electrons. The van der Waals surface area contributed by atoms with Crippen molar-refractivity contribution in [2.24, 2.45) is 40.4 Å². The third-order valence-corrected chi connectivity index (χ3v) is 8.90. The molecule has 3 saturated carbocycles. The molecule has 0 aromatic heterocycles. The summed E-state index contributed by atoms with van der Waals surface area (Å²) in [6.07, 6.45) is 18.4. The van der Waals surface area contributed by atoms with Gasteiger partial charge in [0.05, 0.1) is 0 Å². The van der Waals surface area contributed by atoms with E-state index in [1.54, 1.807) is 12.8 Å². The average molecular weight is 287 g/mol. The van der Waals surface area contributed by atoms with Crippen LogP contribution in [-0.2, 0) is 0 Å². The molecule has 0 bridgehead atoms. The van der Waals surface area contributed by atoms with Gasteiger partial charge in [-0.25, -0.2) is 0 Å². The zero-order valence-electron chi connectivity index (χ0n) is 14.4. The molecule has 118 valence electrons. The number of fused-ring (bicyclic) bond motifs is 5. The Morgan fingerprint density at radius 1 is 0.905 bits per heavy atom. The Morgan fingerprint density at radius 2 is 1.71 bits per heavy atom. The lowest BCUT2D eigenvalue weighted by Crippen LogP contribution is -2.52. The van der Waals surface area contributed by atoms with E-state index in [4.69, 9.17) is 0 Å². The molecule has 0 nitrogen and oxygen atoms in total. The molecule has 0 aromatic carbocycles. The first-order chi connectivity index (χ1) is 10.1. The first kappa shape index (κ1) is 14.3. The normalized spacial score (nSPS) is 55.7. The Bertz CT molecular complexity index is 435. The predicted molar refractivity (Wildman–Crippen MR) is 90.0 cm³/mol. The van der Waals surface area contributed by atoms with Gasteiger partial charge < -0.3 is 0 Å². The Morgan fingerprint density at radius 3 is 2.52 bits per heavy atom. The molecule has 21 heavy (non-hydrogen) atoms. The van der Waals surface area contributed by atoms with Gasteiger partial charge in [-0.05, 0) is 91.8 Å². The predicted octanol–water partition coefficient (Wildman–Crippen LogP) is 6.22. The quantitative estimate of drug-likeness (QED) is 0.502. The van der Waals surface area contributed by atoms with Crippen LogP contribution in [0.3, 0.4) is 0 Å². The van der Waals surface area contributed by atoms with Crippen molar-refractivity contribution >= 4 is 0 Å². The van der Waals surface area contributed by atoms with Crippen LogP contribution < -0.4 is 0 Å². The zero-order valence-corrected chi connectivity index (χ0v) is 14.4. The highest BCUT2D eigenvalue weighted by Crippen LogP contribution is 2.67. The summed E-state index contributed by atoms with van der Waals surface area (Å²) in [6, 6.07) is 0. The van der Waals surface area contributed by atoms with Gasteiger partial charge in [-0.15, -0.1) is 0 Å². The van der Waals surface area contributed by atoms with Gasteiger partial charge >= 0.3 is 0 Å². The third-order valence-electron chi connectivity index (χ3n) is 8.90. The fraction of sp³-hybridized carbons (Fsp3) is 0.905. The van der Waals surface area contributed by atoms with Crippen LogP contribution in [0.25, 0.3) is 0 Å². The molecule has 0 heterocycles. The fourth-order valence-electron chi connectivity index (χ4n) is 7.62. The van der Waals surface area contributed by atoms with Gasteiger partial charge in [-0.1, -0.05) is 39.3 Å². The smallest absolute Gasteiger partial charge is 0.0229 e. The topological polar surface area (TPSA) is 0 Å². The lowest BCUT2D eigenvalue weighted by atomic mass is 9.45. The van der Waals surface area contributed by atoms with E-state index in [0.717, 1.165) is 29.6 Å². The number of rotatable bonds is 1. The van der Waals surface area contributed by atoms with E-state index in [1.807, 2.05) is 0 Å². The van der Waals surface area contributed by atoms with E-state index in [0.29, 0.717) is 10.8 Å². The monoisotopic (exact) mass is 286 g/mol. The van der Waals surface area contributed by atoms with Gasteiger partial charge in [0.2, 0.25) is 0 Å². The minimum absolute atomic E-state index is 0.642. The van der Waals surface area contributed by atoms with Crippen molar-refractivity contribution in [3.8, 4) is 0 Å². The summed E-state index contributed by atoms with van der Waals surface area (Å²) in [4.78, 5) is 0. The van der Waals surface area contributed by atoms with Crippen LogP contribution in [0, 0.1) is 40.4 Å². The number of hydrogen-bond acceptors (Lipinski definition) is 0. The molecular weight excluding hydrogens is 252 g/mol. The van der Waals surface area contributed by atoms with Gasteiger partial charge in [0, 0.05) is 0 Å². The van der Waals surface area contributed by atoms with Crippen molar-refractivity contribution in [2.75, 3.05) is 0 Å². The zero-order chi connectivity index (χ0) is 14.7. The summed E-state index contributed by atoms with van der Waals surface area (Å²) in [7, 11) is 0. The van der Waals surface area contributed by atoms with Crippen LogP contribution in [0.15, 0.2) is 12.2 Å². The Labute approximate surface area is 131 Å². The second-order valence-corrected chi connectivity index (χ2v) is 9.30. The van der Waals surface area contributed by atoms with Crippen LogP contribution in [0.5, 0.6) is 0 Å². The maximum Gasteiger partial charge on any atom is -0.0229 e. The largest absolute Gasteiger partial charge is 0.0882 e. The molecule has 0 aromatic rings. The fourth-order valence-corrected chi connectivity index (χ4v) is 7.62. The van der Waals surface area contributed by atoms with Gasteiger partial charge in [-0.3, -0.25) is 0 Å². The highest BCUT2D eigenvalue weighted by molar-refractivity contribution is 5.11. The van der Waals surface area contributed by atoms with Crippen molar-refractivity contribution in [2.45, 2.75) is 78.6 Å². The number of allylic oxidation sites excluding steroid dienone is 2. The van der Waals surface area contributed by atoms with E-state index < -0.39 is 0 Å². The van der Waals surface area contributed by atoms with Gasteiger partial charge in [0.25, 0.3) is 0 Å². The van der Waals surface area contributed by atoms with E-state index in [1.165, 1.54) is 44.9 Å². The molecule has 7 atom stereocenters. The molecule has 4 aliphatic carbocycles. The Kier molecular flexibility index (Phi) is 3.32. The first-order valence-electron chi connectivity index (χ1n) is 9.74. The van der Waals surface area contributed by atoms with Crippen molar-refractivity contribution in [1.29, 1.82) is 0 Å². The van der Waals surface area contributed by atoms with Gasteiger partial charge in [0.1, 0.15) is 0 Å². The van der Waals surface area contributed by atoms with E-state index in [2.05, 4.69) is 32.9 Å². The SMILES string of the molecule is CC[C@H]1CC[C@H]2[C@@H]3CC[C@H]4CC=CC[C@]4(C)[C@H]3CC[C@]12C. The minimum Gasteiger partial charge on any atom is -0.0882 e. The molecule has 3 fully saturated rings. The summed E-state index contributed by atoms with van der Waals surface area (Å²) in [5.74, 6) is 5.18. The molecule has 4 rings (SSSR count). The molecule has 4 aliphatic rings. The van der Waals surface area contributed by atoms with E-state index >= 15 is 0 Å². The second-order valence-electron chi connectivity index (χ2n) is 9.30. The molecule has 0 aliphatic heterocycles. The molecule has 0 N–H and O–H groups in total. The van der Waals surface area contributed by atoms with Crippen molar-refractivity contribution < 1.29 is 0 Å². The maximum absolute atomic E-state index is 2.67. The molecule has 0 unspecified atom stereocenters. The highest BCUT2D eigenvalue weighted by atomic mass is 14.6. The highest BCUT2D eigenvalue weighted by Gasteiger charge is 2.58. The van der Waals surface area contributed by atoms with Gasteiger partial charge in [-0.2, -0.15) is 0 Å². The molecule has 0 saturated heterocycles. The summed E-state index contributed by atoms with van der Waals surface area (Å²) in [5.41, 5.74) is 1.34. The standard InChI is InChI=1S/C21H34/c1-4-15-9-11-18-17-10-8-16-7-5-6-13-20(16,2)19(17)12-14-21(15,18)3/h5-6,15-19H,4,7-14H2,1-3H3/t15-,16+,17-,18-,19-,20-,21+/m0/s1. The average Bonchev–Trinajstić information content (AvgIpc) is 2.83. The maximum atomic E-state index is 2.67. The first-order valence-corrected chi connectivity index (χ1v) is 9.74. The van der Waals surface area contributed by atoms with Crippen molar-refractivity contribution in [3.63, 3.8) is 0 Å². The molecular formula is C21H34. The molecule has 0 amide bonds.